The van der Waals surface area contributed by atoms with Crippen molar-refractivity contribution in [2.24, 2.45) is 0 Å². The molecular weight excluding hydrogens is 248 g/mol. The minimum absolute atomic E-state index is 0.0596. The molecule has 1 rings (SSSR count). The minimum Gasteiger partial charge on any atom is -0.480 e. The van der Waals surface area contributed by atoms with Gasteiger partial charge in [-0.1, -0.05) is 19.8 Å². The number of amides is 2. The third-order valence-electron chi connectivity index (χ3n) is 3.27. The number of unbranched alkanes of at least 4 members (excludes halogenated alkanes) is 1. The number of aliphatic carboxylic acids is 1. The van der Waals surface area contributed by atoms with Crippen molar-refractivity contribution in [3.8, 4) is 0 Å². The van der Waals surface area contributed by atoms with Gasteiger partial charge in [-0.25, -0.2) is 9.59 Å². The first-order valence-electron chi connectivity index (χ1n) is 6.94. The first-order chi connectivity index (χ1) is 9.02. The molecule has 0 aromatic carbocycles. The van der Waals surface area contributed by atoms with E-state index in [1.54, 1.807) is 0 Å². The van der Waals surface area contributed by atoms with E-state index in [2.05, 4.69) is 10.6 Å². The van der Waals surface area contributed by atoms with Crippen LogP contribution in [0.3, 0.4) is 0 Å². The van der Waals surface area contributed by atoms with E-state index in [0.29, 0.717) is 13.0 Å². The Labute approximate surface area is 113 Å². The summed E-state index contributed by atoms with van der Waals surface area (Å²) in [5.41, 5.74) is 0. The fraction of sp³-hybridized carbons (Fsp3) is 0.846. The number of rotatable bonds is 6. The normalized spacial score (nSPS) is 24.5. The maximum atomic E-state index is 11.8. The van der Waals surface area contributed by atoms with Crippen LogP contribution in [0.2, 0.25) is 0 Å². The van der Waals surface area contributed by atoms with Crippen molar-refractivity contribution >= 4 is 12.0 Å². The second-order valence-electron chi connectivity index (χ2n) is 5.05. The maximum Gasteiger partial charge on any atom is 0.326 e. The van der Waals surface area contributed by atoms with Crippen LogP contribution in [0, 0.1) is 0 Å². The fourth-order valence-corrected chi connectivity index (χ4v) is 2.18. The van der Waals surface area contributed by atoms with Crippen LogP contribution >= 0.6 is 0 Å². The molecule has 0 saturated carbocycles. The Morgan fingerprint density at radius 2 is 2.21 bits per heavy atom. The summed E-state index contributed by atoms with van der Waals surface area (Å²) in [4.78, 5) is 22.8. The summed E-state index contributed by atoms with van der Waals surface area (Å²) in [6.07, 6.45) is 3.82. The smallest absolute Gasteiger partial charge is 0.326 e. The van der Waals surface area contributed by atoms with Crippen molar-refractivity contribution in [1.82, 2.24) is 10.6 Å². The Kier molecular flexibility index (Phi) is 6.62. The van der Waals surface area contributed by atoms with Crippen molar-refractivity contribution < 1.29 is 19.4 Å². The van der Waals surface area contributed by atoms with E-state index in [-0.39, 0.29) is 12.1 Å². The summed E-state index contributed by atoms with van der Waals surface area (Å²) >= 11 is 0. The molecule has 3 atom stereocenters. The molecule has 1 aliphatic rings. The minimum atomic E-state index is -0.982. The number of carbonyl (C=O) groups is 2. The molecule has 19 heavy (non-hydrogen) atoms. The zero-order valence-corrected chi connectivity index (χ0v) is 11.6. The molecule has 6 heteroatoms. The molecule has 2 amide bonds. The molecule has 0 aromatic rings. The van der Waals surface area contributed by atoms with Gasteiger partial charge in [-0.05, 0) is 26.2 Å². The lowest BCUT2D eigenvalue weighted by molar-refractivity contribution is -0.139. The van der Waals surface area contributed by atoms with Gasteiger partial charge in [0, 0.05) is 12.6 Å². The predicted octanol–water partition coefficient (Wildman–Crippen LogP) is 1.50. The van der Waals surface area contributed by atoms with Gasteiger partial charge >= 0.3 is 12.0 Å². The van der Waals surface area contributed by atoms with Crippen molar-refractivity contribution in [3.05, 3.63) is 0 Å². The van der Waals surface area contributed by atoms with Gasteiger partial charge in [0.15, 0.2) is 0 Å². The van der Waals surface area contributed by atoms with Crippen LogP contribution < -0.4 is 10.6 Å². The molecule has 1 heterocycles. The van der Waals surface area contributed by atoms with Crippen LogP contribution in [0.15, 0.2) is 0 Å². The number of carboxylic acids is 1. The average Bonchev–Trinajstić information content (AvgIpc) is 2.34. The van der Waals surface area contributed by atoms with Crippen LogP contribution in [0.1, 0.15) is 46.0 Å². The summed E-state index contributed by atoms with van der Waals surface area (Å²) in [6.45, 7) is 4.58. The van der Waals surface area contributed by atoms with Crippen LogP contribution in [0.5, 0.6) is 0 Å². The Morgan fingerprint density at radius 1 is 1.47 bits per heavy atom. The average molecular weight is 272 g/mol. The lowest BCUT2D eigenvalue weighted by Gasteiger charge is -2.28. The number of urea groups is 1. The Hall–Kier alpha value is -1.30. The van der Waals surface area contributed by atoms with Gasteiger partial charge in [0.2, 0.25) is 0 Å². The van der Waals surface area contributed by atoms with E-state index in [0.717, 1.165) is 25.7 Å². The maximum absolute atomic E-state index is 11.8. The van der Waals surface area contributed by atoms with Crippen molar-refractivity contribution in [3.63, 3.8) is 0 Å². The number of ether oxygens (including phenoxy) is 1. The zero-order valence-electron chi connectivity index (χ0n) is 11.6. The molecule has 1 aliphatic heterocycles. The number of nitrogens with one attached hydrogen (secondary N) is 2. The second kappa shape index (κ2) is 7.99. The summed E-state index contributed by atoms with van der Waals surface area (Å²) < 4.78 is 5.40. The third kappa shape index (κ3) is 5.92. The quantitative estimate of drug-likeness (QED) is 0.683. The highest BCUT2D eigenvalue weighted by atomic mass is 16.5. The fourth-order valence-electron chi connectivity index (χ4n) is 2.18. The molecule has 0 spiro atoms. The van der Waals surface area contributed by atoms with Crippen molar-refractivity contribution in [2.75, 3.05) is 6.61 Å². The molecule has 1 fully saturated rings. The molecule has 1 saturated heterocycles. The molecule has 110 valence electrons. The van der Waals surface area contributed by atoms with Crippen LogP contribution in [0.25, 0.3) is 0 Å². The van der Waals surface area contributed by atoms with Crippen molar-refractivity contribution in [2.45, 2.75) is 64.1 Å². The molecule has 3 N–H and O–H groups in total. The molecule has 0 radical (unpaired) electrons. The number of hydrogen-bond donors (Lipinski definition) is 3. The number of carboxylic acid groups (broad SMARTS) is 1. The van der Waals surface area contributed by atoms with Crippen LogP contribution in [-0.4, -0.2) is 41.9 Å². The monoisotopic (exact) mass is 272 g/mol. The molecule has 6 nitrogen and oxygen atoms in total. The largest absolute Gasteiger partial charge is 0.480 e. The van der Waals surface area contributed by atoms with Gasteiger partial charge in [0.1, 0.15) is 6.04 Å². The van der Waals surface area contributed by atoms with Crippen LogP contribution in [0.4, 0.5) is 4.79 Å². The van der Waals surface area contributed by atoms with E-state index in [9.17, 15) is 9.59 Å². The van der Waals surface area contributed by atoms with E-state index >= 15 is 0 Å². The molecule has 0 aromatic heterocycles. The summed E-state index contributed by atoms with van der Waals surface area (Å²) in [5.74, 6) is -0.982. The highest BCUT2D eigenvalue weighted by Crippen LogP contribution is 2.13. The standard InChI is InChI=1S/C13H24N2O4/c1-3-4-5-11(12(16)17)15-13(18)14-10-6-7-19-9(2)8-10/h9-11H,3-8H2,1-2H3,(H,16,17)(H2,14,15,18). The lowest BCUT2D eigenvalue weighted by atomic mass is 10.0. The van der Waals surface area contributed by atoms with Gasteiger partial charge in [-0.2, -0.15) is 0 Å². The molecular formula is C13H24N2O4. The van der Waals surface area contributed by atoms with E-state index in [1.807, 2.05) is 13.8 Å². The topological polar surface area (TPSA) is 87.7 Å². The van der Waals surface area contributed by atoms with Gasteiger partial charge in [-0.15, -0.1) is 0 Å². The summed E-state index contributed by atoms with van der Waals surface area (Å²) in [7, 11) is 0. The highest BCUT2D eigenvalue weighted by Gasteiger charge is 2.23. The Bertz CT molecular complexity index is 309. The SMILES string of the molecule is CCCCC(NC(=O)NC1CCOC(C)C1)C(=O)O. The molecule has 3 unspecified atom stereocenters. The molecule has 0 bridgehead atoms. The van der Waals surface area contributed by atoms with Gasteiger partial charge < -0.3 is 20.5 Å². The highest BCUT2D eigenvalue weighted by molar-refractivity contribution is 5.82. The number of carbonyl (C=O) groups excluding carboxylic acids is 1. The first kappa shape index (κ1) is 15.8. The van der Waals surface area contributed by atoms with Crippen LogP contribution in [-0.2, 0) is 9.53 Å². The number of hydrogen-bond acceptors (Lipinski definition) is 3. The Balaban J connectivity index is 2.37. The van der Waals surface area contributed by atoms with Gasteiger partial charge in [0.05, 0.1) is 6.10 Å². The predicted molar refractivity (Wildman–Crippen MR) is 71.1 cm³/mol. The summed E-state index contributed by atoms with van der Waals surface area (Å²) in [5, 5.41) is 14.4. The summed E-state index contributed by atoms with van der Waals surface area (Å²) in [6, 6.07) is -1.15. The van der Waals surface area contributed by atoms with E-state index in [1.165, 1.54) is 0 Å². The first-order valence-corrected chi connectivity index (χ1v) is 6.94. The second-order valence-corrected chi connectivity index (χ2v) is 5.05. The van der Waals surface area contributed by atoms with E-state index in [4.69, 9.17) is 9.84 Å². The third-order valence-corrected chi connectivity index (χ3v) is 3.27. The van der Waals surface area contributed by atoms with E-state index < -0.39 is 18.0 Å². The van der Waals surface area contributed by atoms with Crippen molar-refractivity contribution in [1.29, 1.82) is 0 Å². The molecule has 0 aliphatic carbocycles. The van der Waals surface area contributed by atoms with Gasteiger partial charge in [-0.3, -0.25) is 0 Å². The van der Waals surface area contributed by atoms with Gasteiger partial charge in [0.25, 0.3) is 0 Å². The Morgan fingerprint density at radius 3 is 2.79 bits per heavy atom. The zero-order chi connectivity index (χ0) is 14.3. The lowest BCUT2D eigenvalue weighted by Crippen LogP contribution is -2.50.